The summed E-state index contributed by atoms with van der Waals surface area (Å²) in [5, 5.41) is 13.2. The van der Waals surface area contributed by atoms with E-state index in [9.17, 15) is 9.90 Å². The van der Waals surface area contributed by atoms with Crippen molar-refractivity contribution >= 4 is 17.5 Å². The minimum Gasteiger partial charge on any atom is -0.491 e. The van der Waals surface area contributed by atoms with Gasteiger partial charge in [-0.25, -0.2) is 0 Å². The molecule has 0 radical (unpaired) electrons. The maximum atomic E-state index is 10.8. The summed E-state index contributed by atoms with van der Waals surface area (Å²) in [6.45, 7) is 3.87. The molecule has 5 nitrogen and oxygen atoms in total. The van der Waals surface area contributed by atoms with E-state index in [1.165, 1.54) is 0 Å². The first-order valence-corrected chi connectivity index (χ1v) is 6.37. The van der Waals surface area contributed by atoms with Gasteiger partial charge in [-0.3, -0.25) is 4.79 Å². The molecule has 4 N–H and O–H groups in total. The molecule has 0 aliphatic rings. The van der Waals surface area contributed by atoms with Crippen molar-refractivity contribution in [3.8, 4) is 5.75 Å². The number of hydrogen-bond acceptors (Lipinski definition) is 4. The Morgan fingerprint density at radius 1 is 1.58 bits per heavy atom. The number of aliphatic hydroxyl groups is 1. The number of carbonyl (C=O) groups excluding carboxylic acids is 1. The molecular formula is C13H19ClN2O3. The lowest BCUT2D eigenvalue weighted by atomic mass is 10.2. The molecule has 19 heavy (non-hydrogen) atoms. The van der Waals surface area contributed by atoms with E-state index in [4.69, 9.17) is 22.1 Å². The second kappa shape index (κ2) is 7.33. The summed E-state index contributed by atoms with van der Waals surface area (Å²) in [6.07, 6.45) is -0.724. The monoisotopic (exact) mass is 286 g/mol. The Balaban J connectivity index is 2.35. The first-order chi connectivity index (χ1) is 8.90. The van der Waals surface area contributed by atoms with Crippen LogP contribution in [0.4, 0.5) is 0 Å². The molecule has 2 unspecified atom stereocenters. The lowest BCUT2D eigenvalue weighted by Crippen LogP contribution is -2.43. The molecule has 0 aromatic heterocycles. The molecule has 0 heterocycles. The standard InChI is InChI=1S/C13H19ClN2O3/c1-8-5-11(3-4-12(8)14)19-7-10(17)6-16-9(2)13(15)18/h3-5,9-10,16-17H,6-7H2,1-2H3,(H2,15,18). The molecule has 1 rings (SSSR count). The van der Waals surface area contributed by atoms with E-state index in [0.29, 0.717) is 10.8 Å². The molecule has 0 saturated carbocycles. The number of nitrogens with two attached hydrogens (primary N) is 1. The van der Waals surface area contributed by atoms with Gasteiger partial charge in [0.1, 0.15) is 18.5 Å². The van der Waals surface area contributed by atoms with E-state index >= 15 is 0 Å². The molecule has 0 fully saturated rings. The average molecular weight is 287 g/mol. The van der Waals surface area contributed by atoms with Crippen LogP contribution in [0.1, 0.15) is 12.5 Å². The average Bonchev–Trinajstić information content (AvgIpc) is 2.37. The largest absolute Gasteiger partial charge is 0.491 e. The van der Waals surface area contributed by atoms with E-state index in [-0.39, 0.29) is 13.2 Å². The van der Waals surface area contributed by atoms with Crippen LogP contribution in [-0.4, -0.2) is 36.3 Å². The fourth-order valence-corrected chi connectivity index (χ4v) is 1.49. The van der Waals surface area contributed by atoms with Crippen LogP contribution in [-0.2, 0) is 4.79 Å². The Bertz CT molecular complexity index is 440. The third-order valence-electron chi connectivity index (χ3n) is 2.66. The van der Waals surface area contributed by atoms with Crippen molar-refractivity contribution in [2.75, 3.05) is 13.2 Å². The number of halogens is 1. The number of rotatable bonds is 7. The van der Waals surface area contributed by atoms with Crippen LogP contribution in [0.25, 0.3) is 0 Å². The molecule has 6 heteroatoms. The Hall–Kier alpha value is -1.30. The van der Waals surface area contributed by atoms with Gasteiger partial charge >= 0.3 is 0 Å². The van der Waals surface area contributed by atoms with Crippen LogP contribution in [0, 0.1) is 6.92 Å². The molecule has 1 aromatic carbocycles. The number of ether oxygens (including phenoxy) is 1. The van der Waals surface area contributed by atoms with Crippen LogP contribution in [0.15, 0.2) is 18.2 Å². The zero-order valence-electron chi connectivity index (χ0n) is 11.0. The summed E-state index contributed by atoms with van der Waals surface area (Å²) < 4.78 is 5.43. The predicted molar refractivity (Wildman–Crippen MR) is 74.3 cm³/mol. The van der Waals surface area contributed by atoms with Gasteiger partial charge in [-0.1, -0.05) is 11.6 Å². The van der Waals surface area contributed by atoms with Gasteiger partial charge < -0.3 is 20.9 Å². The number of primary amides is 1. The summed E-state index contributed by atoms with van der Waals surface area (Å²) in [7, 11) is 0. The van der Waals surface area contributed by atoms with Gasteiger partial charge in [0.2, 0.25) is 5.91 Å². The Kier molecular flexibility index (Phi) is 6.08. The van der Waals surface area contributed by atoms with Gasteiger partial charge in [-0.15, -0.1) is 0 Å². The number of amides is 1. The summed E-state index contributed by atoms with van der Waals surface area (Å²) in [5.41, 5.74) is 6.00. The molecule has 1 aromatic rings. The van der Waals surface area contributed by atoms with Gasteiger partial charge in [-0.05, 0) is 37.6 Å². The van der Waals surface area contributed by atoms with Crippen LogP contribution in [0.5, 0.6) is 5.75 Å². The molecule has 1 amide bonds. The first-order valence-electron chi connectivity index (χ1n) is 6.00. The topological polar surface area (TPSA) is 84.6 Å². The molecule has 0 aliphatic carbocycles. The van der Waals surface area contributed by atoms with Gasteiger partial charge in [0.15, 0.2) is 0 Å². The number of aliphatic hydroxyl groups excluding tert-OH is 1. The Morgan fingerprint density at radius 3 is 2.84 bits per heavy atom. The third kappa shape index (κ3) is 5.46. The fourth-order valence-electron chi connectivity index (χ4n) is 1.37. The van der Waals surface area contributed by atoms with E-state index in [0.717, 1.165) is 5.56 Å². The number of hydrogen-bond donors (Lipinski definition) is 3. The van der Waals surface area contributed by atoms with Crippen molar-refractivity contribution in [3.63, 3.8) is 0 Å². The van der Waals surface area contributed by atoms with Crippen molar-refractivity contribution in [2.45, 2.75) is 26.0 Å². The van der Waals surface area contributed by atoms with Crippen LogP contribution >= 0.6 is 11.6 Å². The quantitative estimate of drug-likeness (QED) is 0.694. The predicted octanol–water partition coefficient (Wildman–Crippen LogP) is 0.852. The van der Waals surface area contributed by atoms with Gasteiger partial charge in [-0.2, -0.15) is 0 Å². The summed E-state index contributed by atoms with van der Waals surface area (Å²) in [6, 6.07) is 4.80. The summed E-state index contributed by atoms with van der Waals surface area (Å²) in [5.74, 6) is 0.186. The zero-order valence-corrected chi connectivity index (χ0v) is 11.8. The minimum absolute atomic E-state index is 0.125. The molecule has 106 valence electrons. The number of benzene rings is 1. The van der Waals surface area contributed by atoms with Gasteiger partial charge in [0.25, 0.3) is 0 Å². The second-order valence-electron chi connectivity index (χ2n) is 4.41. The molecule has 0 saturated heterocycles. The Morgan fingerprint density at radius 2 is 2.26 bits per heavy atom. The number of aryl methyl sites for hydroxylation is 1. The number of nitrogens with one attached hydrogen (secondary N) is 1. The van der Waals surface area contributed by atoms with Crippen molar-refractivity contribution in [2.24, 2.45) is 5.73 Å². The van der Waals surface area contributed by atoms with Crippen LogP contribution in [0.3, 0.4) is 0 Å². The molecule has 2 atom stereocenters. The smallest absolute Gasteiger partial charge is 0.234 e. The van der Waals surface area contributed by atoms with Crippen molar-refractivity contribution < 1.29 is 14.6 Å². The lowest BCUT2D eigenvalue weighted by molar-refractivity contribution is -0.119. The van der Waals surface area contributed by atoms with Crippen molar-refractivity contribution in [3.05, 3.63) is 28.8 Å². The van der Waals surface area contributed by atoms with Crippen molar-refractivity contribution in [1.29, 1.82) is 0 Å². The maximum absolute atomic E-state index is 10.8. The maximum Gasteiger partial charge on any atom is 0.234 e. The highest BCUT2D eigenvalue weighted by atomic mass is 35.5. The second-order valence-corrected chi connectivity index (χ2v) is 4.82. The SMILES string of the molecule is Cc1cc(OCC(O)CNC(C)C(N)=O)ccc1Cl. The first kappa shape index (κ1) is 15.8. The molecule has 0 bridgehead atoms. The van der Waals surface area contributed by atoms with Gasteiger partial charge in [0.05, 0.1) is 6.04 Å². The normalized spacial score (nSPS) is 13.9. The van der Waals surface area contributed by atoms with Gasteiger partial charge in [0, 0.05) is 11.6 Å². The number of carbonyl (C=O) groups is 1. The van der Waals surface area contributed by atoms with E-state index in [2.05, 4.69) is 5.32 Å². The fraction of sp³-hybridized carbons (Fsp3) is 0.462. The summed E-state index contributed by atoms with van der Waals surface area (Å²) in [4.78, 5) is 10.8. The third-order valence-corrected chi connectivity index (χ3v) is 3.08. The van der Waals surface area contributed by atoms with E-state index in [1.807, 2.05) is 6.92 Å². The van der Waals surface area contributed by atoms with E-state index in [1.54, 1.807) is 25.1 Å². The highest BCUT2D eigenvalue weighted by molar-refractivity contribution is 6.31. The van der Waals surface area contributed by atoms with Crippen molar-refractivity contribution in [1.82, 2.24) is 5.32 Å². The molecule has 0 spiro atoms. The Labute approximate surface area is 117 Å². The molecule has 0 aliphatic heterocycles. The highest BCUT2D eigenvalue weighted by Gasteiger charge is 2.11. The summed E-state index contributed by atoms with van der Waals surface area (Å²) >= 11 is 5.90. The zero-order chi connectivity index (χ0) is 14.4. The van der Waals surface area contributed by atoms with Crippen LogP contribution < -0.4 is 15.8 Å². The van der Waals surface area contributed by atoms with E-state index < -0.39 is 18.1 Å². The highest BCUT2D eigenvalue weighted by Crippen LogP contribution is 2.20. The van der Waals surface area contributed by atoms with Crippen LogP contribution in [0.2, 0.25) is 5.02 Å². The lowest BCUT2D eigenvalue weighted by Gasteiger charge is -2.16. The minimum atomic E-state index is -0.724. The molecular weight excluding hydrogens is 268 g/mol.